The zero-order chi connectivity index (χ0) is 15.4. The zero-order valence-corrected chi connectivity index (χ0v) is 13.4. The Kier molecular flexibility index (Phi) is 5.62. The van der Waals surface area contributed by atoms with Crippen LogP contribution >= 0.6 is 0 Å². The SMILES string of the molecule is CCOCCCN1C(=O)C(C2CC2)NC(=O)C1CC(C)C. The highest BCUT2D eigenvalue weighted by molar-refractivity contribution is 5.97. The standard InChI is InChI=1S/C16H28N2O3/c1-4-21-9-5-8-18-13(10-11(2)3)15(19)17-14(16(18)20)12-6-7-12/h11-14H,4-10H2,1-3H3,(H,17,19). The smallest absolute Gasteiger partial charge is 0.246 e. The Labute approximate surface area is 127 Å². The number of carbonyl (C=O) groups is 2. The molecule has 0 spiro atoms. The van der Waals surface area contributed by atoms with E-state index in [0.29, 0.717) is 31.6 Å². The minimum absolute atomic E-state index is 0.0246. The predicted octanol–water partition coefficient (Wildman–Crippen LogP) is 1.56. The molecule has 1 aliphatic heterocycles. The molecule has 2 unspecified atom stereocenters. The number of rotatable bonds is 8. The Bertz CT molecular complexity index is 380. The molecule has 0 bridgehead atoms. The second-order valence-corrected chi connectivity index (χ2v) is 6.55. The second kappa shape index (κ2) is 7.25. The van der Waals surface area contributed by atoms with Crippen molar-refractivity contribution in [3.63, 3.8) is 0 Å². The number of amides is 2. The summed E-state index contributed by atoms with van der Waals surface area (Å²) in [5.41, 5.74) is 0. The monoisotopic (exact) mass is 296 g/mol. The maximum Gasteiger partial charge on any atom is 0.246 e. The molecule has 0 radical (unpaired) electrons. The Hall–Kier alpha value is -1.10. The molecule has 0 aromatic carbocycles. The van der Waals surface area contributed by atoms with E-state index in [1.54, 1.807) is 4.90 Å². The van der Waals surface area contributed by atoms with Crippen LogP contribution in [-0.2, 0) is 14.3 Å². The maximum absolute atomic E-state index is 12.7. The van der Waals surface area contributed by atoms with E-state index in [0.717, 1.165) is 25.7 Å². The molecule has 0 aromatic heterocycles. The molecule has 5 heteroatoms. The van der Waals surface area contributed by atoms with Crippen molar-refractivity contribution in [2.45, 2.75) is 58.5 Å². The van der Waals surface area contributed by atoms with Gasteiger partial charge in [0.1, 0.15) is 12.1 Å². The number of nitrogens with zero attached hydrogens (tertiary/aromatic N) is 1. The van der Waals surface area contributed by atoms with Crippen LogP contribution in [0.5, 0.6) is 0 Å². The van der Waals surface area contributed by atoms with Crippen LogP contribution in [0.15, 0.2) is 0 Å². The first-order chi connectivity index (χ1) is 10.0. The summed E-state index contributed by atoms with van der Waals surface area (Å²) in [7, 11) is 0. The Morgan fingerprint density at radius 3 is 2.62 bits per heavy atom. The van der Waals surface area contributed by atoms with E-state index in [4.69, 9.17) is 4.74 Å². The lowest BCUT2D eigenvalue weighted by molar-refractivity contribution is -0.150. The van der Waals surface area contributed by atoms with E-state index in [2.05, 4.69) is 19.2 Å². The van der Waals surface area contributed by atoms with Crippen molar-refractivity contribution in [2.75, 3.05) is 19.8 Å². The molecule has 1 heterocycles. The van der Waals surface area contributed by atoms with Crippen molar-refractivity contribution in [1.82, 2.24) is 10.2 Å². The van der Waals surface area contributed by atoms with Crippen molar-refractivity contribution in [3.8, 4) is 0 Å². The van der Waals surface area contributed by atoms with Crippen LogP contribution in [0.1, 0.15) is 46.5 Å². The van der Waals surface area contributed by atoms with E-state index in [1.807, 2.05) is 6.92 Å². The van der Waals surface area contributed by atoms with Crippen LogP contribution in [0.3, 0.4) is 0 Å². The summed E-state index contributed by atoms with van der Waals surface area (Å²) in [5, 5.41) is 2.95. The van der Waals surface area contributed by atoms with E-state index in [1.165, 1.54) is 0 Å². The van der Waals surface area contributed by atoms with Crippen LogP contribution in [0.25, 0.3) is 0 Å². The van der Waals surface area contributed by atoms with Gasteiger partial charge in [0.25, 0.3) is 0 Å². The summed E-state index contributed by atoms with van der Waals surface area (Å²) < 4.78 is 5.35. The van der Waals surface area contributed by atoms with Gasteiger partial charge in [-0.25, -0.2) is 0 Å². The van der Waals surface area contributed by atoms with E-state index in [9.17, 15) is 9.59 Å². The number of hydrogen-bond donors (Lipinski definition) is 1. The third kappa shape index (κ3) is 4.19. The van der Waals surface area contributed by atoms with Crippen LogP contribution in [0.2, 0.25) is 0 Å². The first-order valence-electron chi connectivity index (χ1n) is 8.23. The van der Waals surface area contributed by atoms with E-state index >= 15 is 0 Å². The minimum Gasteiger partial charge on any atom is -0.382 e. The van der Waals surface area contributed by atoms with Crippen LogP contribution in [0, 0.1) is 11.8 Å². The summed E-state index contributed by atoms with van der Waals surface area (Å²) in [6, 6.07) is -0.595. The van der Waals surface area contributed by atoms with Gasteiger partial charge in [-0.05, 0) is 44.4 Å². The van der Waals surface area contributed by atoms with Gasteiger partial charge in [-0.15, -0.1) is 0 Å². The van der Waals surface area contributed by atoms with Gasteiger partial charge in [0.15, 0.2) is 0 Å². The first-order valence-corrected chi connectivity index (χ1v) is 8.23. The molecule has 1 aliphatic carbocycles. The molecule has 2 aliphatic rings. The normalized spacial score (nSPS) is 26.4. The number of carbonyl (C=O) groups excluding carboxylic acids is 2. The lowest BCUT2D eigenvalue weighted by atomic mass is 9.96. The van der Waals surface area contributed by atoms with Gasteiger partial charge in [0, 0.05) is 19.8 Å². The molecule has 2 rings (SSSR count). The Balaban J connectivity index is 2.02. The molecule has 5 nitrogen and oxygen atoms in total. The van der Waals surface area contributed by atoms with Crippen LogP contribution in [0.4, 0.5) is 0 Å². The van der Waals surface area contributed by atoms with Gasteiger partial charge >= 0.3 is 0 Å². The molecule has 1 saturated heterocycles. The number of ether oxygens (including phenoxy) is 1. The third-order valence-corrected chi connectivity index (χ3v) is 4.21. The fraction of sp³-hybridized carbons (Fsp3) is 0.875. The lowest BCUT2D eigenvalue weighted by Crippen LogP contribution is -2.64. The average Bonchev–Trinajstić information content (AvgIpc) is 3.25. The van der Waals surface area contributed by atoms with Gasteiger partial charge in [0.05, 0.1) is 0 Å². The molecular formula is C16H28N2O3. The summed E-state index contributed by atoms with van der Waals surface area (Å²) in [6.45, 7) is 8.09. The fourth-order valence-corrected chi connectivity index (χ4v) is 2.96. The van der Waals surface area contributed by atoms with Gasteiger partial charge in [-0.2, -0.15) is 0 Å². The number of hydrogen-bond acceptors (Lipinski definition) is 3. The molecule has 2 atom stereocenters. The van der Waals surface area contributed by atoms with Crippen molar-refractivity contribution in [2.24, 2.45) is 11.8 Å². The van der Waals surface area contributed by atoms with Gasteiger partial charge in [-0.3, -0.25) is 9.59 Å². The van der Waals surface area contributed by atoms with Crippen molar-refractivity contribution < 1.29 is 14.3 Å². The lowest BCUT2D eigenvalue weighted by Gasteiger charge is -2.40. The second-order valence-electron chi connectivity index (χ2n) is 6.55. The number of piperazine rings is 1. The van der Waals surface area contributed by atoms with Crippen molar-refractivity contribution >= 4 is 11.8 Å². The average molecular weight is 296 g/mol. The largest absolute Gasteiger partial charge is 0.382 e. The highest BCUT2D eigenvalue weighted by Crippen LogP contribution is 2.35. The van der Waals surface area contributed by atoms with Gasteiger partial charge in [-0.1, -0.05) is 13.8 Å². The first kappa shape index (κ1) is 16.3. The molecule has 21 heavy (non-hydrogen) atoms. The molecule has 120 valence electrons. The van der Waals surface area contributed by atoms with Gasteiger partial charge < -0.3 is 15.0 Å². The van der Waals surface area contributed by atoms with Crippen LogP contribution in [-0.4, -0.2) is 48.6 Å². The predicted molar refractivity (Wildman–Crippen MR) is 80.7 cm³/mol. The summed E-state index contributed by atoms with van der Waals surface area (Å²) >= 11 is 0. The third-order valence-electron chi connectivity index (χ3n) is 4.21. The number of nitrogens with one attached hydrogen (secondary N) is 1. The summed E-state index contributed by atoms with van der Waals surface area (Å²) in [4.78, 5) is 26.9. The highest BCUT2D eigenvalue weighted by Gasteiger charge is 2.46. The fourth-order valence-electron chi connectivity index (χ4n) is 2.96. The molecule has 2 fully saturated rings. The van der Waals surface area contributed by atoms with Gasteiger partial charge in [0.2, 0.25) is 11.8 Å². The minimum atomic E-state index is -0.311. The van der Waals surface area contributed by atoms with Crippen molar-refractivity contribution in [1.29, 1.82) is 0 Å². The van der Waals surface area contributed by atoms with Crippen LogP contribution < -0.4 is 5.32 Å². The molecule has 0 aromatic rings. The quantitative estimate of drug-likeness (QED) is 0.692. The maximum atomic E-state index is 12.7. The molecule has 1 N–H and O–H groups in total. The molecular weight excluding hydrogens is 268 g/mol. The topological polar surface area (TPSA) is 58.6 Å². The van der Waals surface area contributed by atoms with E-state index < -0.39 is 0 Å². The van der Waals surface area contributed by atoms with E-state index in [-0.39, 0.29) is 23.9 Å². The summed E-state index contributed by atoms with van der Waals surface area (Å²) in [6.07, 6.45) is 3.62. The van der Waals surface area contributed by atoms with Crippen molar-refractivity contribution in [3.05, 3.63) is 0 Å². The molecule has 1 saturated carbocycles. The molecule has 2 amide bonds. The Morgan fingerprint density at radius 1 is 1.33 bits per heavy atom. The highest BCUT2D eigenvalue weighted by atomic mass is 16.5. The summed E-state index contributed by atoms with van der Waals surface area (Å²) in [5.74, 6) is 0.882. The zero-order valence-electron chi connectivity index (χ0n) is 13.4. The Morgan fingerprint density at radius 2 is 2.05 bits per heavy atom.